The zero-order valence-corrected chi connectivity index (χ0v) is 22.7. The minimum Gasteiger partial charge on any atom is -0.368 e. The van der Waals surface area contributed by atoms with Crippen LogP contribution in [0.1, 0.15) is 84.1 Å². The first-order chi connectivity index (χ1) is 16.6. The summed E-state index contributed by atoms with van der Waals surface area (Å²) in [7, 11) is 0. The van der Waals surface area contributed by atoms with E-state index in [2.05, 4.69) is 61.7 Å². The Bertz CT molecular complexity index is 895. The van der Waals surface area contributed by atoms with Crippen molar-refractivity contribution in [2.45, 2.75) is 102 Å². The van der Waals surface area contributed by atoms with Gasteiger partial charge in [-0.05, 0) is 110 Å². The third-order valence-corrected chi connectivity index (χ3v) is 14.3. The summed E-state index contributed by atoms with van der Waals surface area (Å²) in [6, 6.07) is 10.1. The number of hydrogen-bond acceptors (Lipinski definition) is 2. The van der Waals surface area contributed by atoms with Gasteiger partial charge >= 0.3 is 0 Å². The van der Waals surface area contributed by atoms with Gasteiger partial charge in [0.1, 0.15) is 0 Å². The Kier molecular flexibility index (Phi) is 5.80. The number of anilines is 1. The van der Waals surface area contributed by atoms with Gasteiger partial charge in [-0.15, -0.1) is 0 Å². The largest absolute Gasteiger partial charge is 0.368 e. The average molecular weight is 478 g/mol. The molecule has 186 valence electrons. The Morgan fingerprint density at radius 1 is 0.853 bits per heavy atom. The normalized spacial score (nSPS) is 49.6. The highest BCUT2D eigenvalue weighted by atomic mass is 32.2. The monoisotopic (exact) mass is 477 g/mol. The number of rotatable bonds is 3. The van der Waals surface area contributed by atoms with Crippen molar-refractivity contribution >= 4 is 17.4 Å². The van der Waals surface area contributed by atoms with Crippen LogP contribution in [0.5, 0.6) is 0 Å². The summed E-state index contributed by atoms with van der Waals surface area (Å²) in [5.41, 5.74) is 3.18. The van der Waals surface area contributed by atoms with Gasteiger partial charge in [0.25, 0.3) is 0 Å². The Morgan fingerprint density at radius 3 is 2.59 bits per heavy atom. The maximum absolute atomic E-state index is 2.87. The summed E-state index contributed by atoms with van der Waals surface area (Å²) in [5.74, 6) is 8.90. The lowest BCUT2D eigenvalue weighted by Crippen LogP contribution is -2.44. The van der Waals surface area contributed by atoms with Gasteiger partial charge < -0.3 is 4.90 Å². The van der Waals surface area contributed by atoms with E-state index in [-0.39, 0.29) is 0 Å². The van der Waals surface area contributed by atoms with Crippen LogP contribution >= 0.6 is 11.8 Å². The highest BCUT2D eigenvalue weighted by molar-refractivity contribution is 8.00. The summed E-state index contributed by atoms with van der Waals surface area (Å²) in [6.07, 6.45) is 14.9. The zero-order valence-electron chi connectivity index (χ0n) is 21.9. The van der Waals surface area contributed by atoms with E-state index in [9.17, 15) is 0 Å². The molecular weight excluding hydrogens is 430 g/mol. The van der Waals surface area contributed by atoms with Gasteiger partial charge in [0, 0.05) is 28.8 Å². The van der Waals surface area contributed by atoms with Crippen LogP contribution in [0.4, 0.5) is 5.69 Å². The van der Waals surface area contributed by atoms with Gasteiger partial charge in [-0.2, -0.15) is 11.8 Å². The summed E-state index contributed by atoms with van der Waals surface area (Å²) in [4.78, 5) is 2.87. The summed E-state index contributed by atoms with van der Waals surface area (Å²) in [6.45, 7) is 9.22. The number of hydrogen-bond donors (Lipinski definition) is 0. The molecule has 0 radical (unpaired) electrons. The second kappa shape index (κ2) is 8.74. The van der Waals surface area contributed by atoms with Gasteiger partial charge in [-0.1, -0.05) is 58.2 Å². The predicted octanol–water partition coefficient (Wildman–Crippen LogP) is 8.07. The number of thioether (sulfide) groups is 1. The van der Waals surface area contributed by atoms with Crippen LogP contribution in [0.2, 0.25) is 0 Å². The molecule has 4 aliphatic carbocycles. The van der Waals surface area contributed by atoms with Gasteiger partial charge in [0.2, 0.25) is 0 Å². The molecule has 5 fully saturated rings. The van der Waals surface area contributed by atoms with Gasteiger partial charge in [0.05, 0.1) is 0 Å². The Labute approximate surface area is 213 Å². The van der Waals surface area contributed by atoms with Crippen molar-refractivity contribution in [2.24, 2.45) is 53.3 Å². The fourth-order valence-electron chi connectivity index (χ4n) is 10.7. The highest BCUT2D eigenvalue weighted by Gasteiger charge is 2.58. The SMILES string of the molecule is CC1CC2C(CCCC2N2CCc3ccccc32)C1CC1C(C)C(C)C2SC3CCCCC3C12. The van der Waals surface area contributed by atoms with Crippen molar-refractivity contribution in [1.29, 1.82) is 0 Å². The predicted molar refractivity (Wildman–Crippen MR) is 146 cm³/mol. The lowest BCUT2D eigenvalue weighted by atomic mass is 9.67. The molecule has 2 aliphatic heterocycles. The smallest absolute Gasteiger partial charge is 0.0402 e. The van der Waals surface area contributed by atoms with Gasteiger partial charge in [-0.25, -0.2) is 0 Å². The third kappa shape index (κ3) is 3.39. The maximum Gasteiger partial charge on any atom is 0.0402 e. The van der Waals surface area contributed by atoms with E-state index >= 15 is 0 Å². The molecule has 34 heavy (non-hydrogen) atoms. The van der Waals surface area contributed by atoms with Gasteiger partial charge in [0.15, 0.2) is 0 Å². The lowest BCUT2D eigenvalue weighted by Gasteiger charge is -2.43. The summed E-state index contributed by atoms with van der Waals surface area (Å²) < 4.78 is 0. The Morgan fingerprint density at radius 2 is 1.68 bits per heavy atom. The molecule has 6 aliphatic rings. The molecule has 2 heterocycles. The maximum atomic E-state index is 2.87. The molecule has 0 N–H and O–H groups in total. The molecule has 1 nitrogen and oxygen atoms in total. The summed E-state index contributed by atoms with van der Waals surface area (Å²) in [5, 5.41) is 2.00. The van der Waals surface area contributed by atoms with E-state index < -0.39 is 0 Å². The van der Waals surface area contributed by atoms with E-state index in [1.165, 1.54) is 57.9 Å². The molecule has 0 amide bonds. The quantitative estimate of drug-likeness (QED) is 0.433. The number of nitrogens with zero attached hydrogens (tertiary/aromatic N) is 1. The average Bonchev–Trinajstić information content (AvgIpc) is 3.58. The minimum absolute atomic E-state index is 0.812. The molecular formula is C32H47NS. The molecule has 4 saturated carbocycles. The van der Waals surface area contributed by atoms with Crippen LogP contribution in [-0.4, -0.2) is 23.1 Å². The van der Waals surface area contributed by atoms with Crippen LogP contribution < -0.4 is 4.90 Å². The Hall–Kier alpha value is -0.630. The molecule has 12 atom stereocenters. The first-order valence-corrected chi connectivity index (χ1v) is 16.1. The molecule has 0 bridgehead atoms. The molecule has 0 aromatic heterocycles. The molecule has 1 aromatic carbocycles. The zero-order chi connectivity index (χ0) is 23.0. The van der Waals surface area contributed by atoms with E-state index in [1.54, 1.807) is 24.1 Å². The topological polar surface area (TPSA) is 3.24 Å². The lowest BCUT2D eigenvalue weighted by molar-refractivity contribution is 0.125. The van der Waals surface area contributed by atoms with E-state index in [0.29, 0.717) is 0 Å². The Balaban J connectivity index is 1.12. The van der Waals surface area contributed by atoms with Crippen LogP contribution in [0.15, 0.2) is 24.3 Å². The number of fused-ring (bicyclic) bond motifs is 5. The fraction of sp³-hybridized carbons (Fsp3) is 0.812. The second-order valence-corrected chi connectivity index (χ2v) is 15.0. The molecule has 2 heteroatoms. The van der Waals surface area contributed by atoms with E-state index in [4.69, 9.17) is 0 Å². The fourth-order valence-corrected chi connectivity index (χ4v) is 13.0. The van der Waals surface area contributed by atoms with Crippen molar-refractivity contribution in [3.63, 3.8) is 0 Å². The van der Waals surface area contributed by atoms with Crippen molar-refractivity contribution in [3.8, 4) is 0 Å². The summed E-state index contributed by atoms with van der Waals surface area (Å²) >= 11 is 2.47. The van der Waals surface area contributed by atoms with Gasteiger partial charge in [-0.3, -0.25) is 0 Å². The molecule has 7 rings (SSSR count). The van der Waals surface area contributed by atoms with Crippen molar-refractivity contribution in [1.82, 2.24) is 0 Å². The highest BCUT2D eigenvalue weighted by Crippen LogP contribution is 2.64. The van der Waals surface area contributed by atoms with Crippen molar-refractivity contribution in [3.05, 3.63) is 29.8 Å². The van der Waals surface area contributed by atoms with E-state index in [1.807, 2.05) is 0 Å². The van der Waals surface area contributed by atoms with E-state index in [0.717, 1.165) is 69.8 Å². The first-order valence-electron chi connectivity index (χ1n) is 15.1. The number of para-hydroxylation sites is 1. The van der Waals surface area contributed by atoms with Crippen molar-refractivity contribution < 1.29 is 0 Å². The van der Waals surface area contributed by atoms with Crippen molar-refractivity contribution in [2.75, 3.05) is 11.4 Å². The van der Waals surface area contributed by atoms with Crippen LogP contribution in [0.3, 0.4) is 0 Å². The molecule has 1 aromatic rings. The first kappa shape index (κ1) is 22.6. The number of benzene rings is 1. The molecule has 0 spiro atoms. The minimum atomic E-state index is 0.812. The van der Waals surface area contributed by atoms with Crippen LogP contribution in [0, 0.1) is 53.3 Å². The van der Waals surface area contributed by atoms with Crippen LogP contribution in [-0.2, 0) is 6.42 Å². The standard InChI is InChI=1S/C32H47NS/c1-19-17-27-23(11-8-13-29(27)33-16-15-22-9-4-6-12-28(22)33)25(19)18-26-20(2)21(3)32-31(26)24-10-5-7-14-30(24)34-32/h4,6,9,12,19-21,23-27,29-32H,5,7-8,10-11,13-18H2,1-3H3. The molecule has 12 unspecified atom stereocenters. The third-order valence-electron chi connectivity index (χ3n) is 12.4. The second-order valence-electron chi connectivity index (χ2n) is 13.6. The molecule has 1 saturated heterocycles. The van der Waals surface area contributed by atoms with Crippen LogP contribution in [0.25, 0.3) is 0 Å².